The number of para-hydroxylation sites is 3. The minimum atomic E-state index is -0.284. The van der Waals surface area contributed by atoms with Gasteiger partial charge >= 0.3 is 6.03 Å². The molecule has 0 aliphatic heterocycles. The lowest BCUT2D eigenvalue weighted by molar-refractivity contribution is 0.261. The van der Waals surface area contributed by atoms with Crippen molar-refractivity contribution in [1.29, 1.82) is 0 Å². The number of urea groups is 1. The van der Waals surface area contributed by atoms with Crippen molar-refractivity contribution in [2.75, 3.05) is 17.2 Å². The van der Waals surface area contributed by atoms with Crippen LogP contribution in [0.5, 0.6) is 5.75 Å². The van der Waals surface area contributed by atoms with Crippen molar-refractivity contribution in [2.45, 2.75) is 19.8 Å². The SMILES string of the molecule is CCCCOc1ccccc1NC(=O)Nc1ccccc1. The molecule has 0 saturated carbocycles. The van der Waals surface area contributed by atoms with E-state index in [2.05, 4.69) is 17.6 Å². The van der Waals surface area contributed by atoms with Gasteiger partial charge in [0.15, 0.2) is 0 Å². The van der Waals surface area contributed by atoms with E-state index in [0.717, 1.165) is 18.5 Å². The van der Waals surface area contributed by atoms with Gasteiger partial charge in [-0.05, 0) is 30.7 Å². The van der Waals surface area contributed by atoms with Crippen molar-refractivity contribution >= 4 is 17.4 Å². The molecule has 0 bridgehead atoms. The number of ether oxygens (including phenoxy) is 1. The van der Waals surface area contributed by atoms with Crippen LogP contribution in [0.25, 0.3) is 0 Å². The zero-order valence-corrected chi connectivity index (χ0v) is 12.1. The van der Waals surface area contributed by atoms with E-state index >= 15 is 0 Å². The summed E-state index contributed by atoms with van der Waals surface area (Å²) in [6.45, 7) is 2.76. The molecule has 0 saturated heterocycles. The summed E-state index contributed by atoms with van der Waals surface area (Å²) in [7, 11) is 0. The molecule has 0 aromatic heterocycles. The molecule has 0 aliphatic rings. The Labute approximate surface area is 125 Å². The van der Waals surface area contributed by atoms with E-state index in [1.54, 1.807) is 0 Å². The Morgan fingerprint density at radius 2 is 1.71 bits per heavy atom. The highest BCUT2D eigenvalue weighted by Crippen LogP contribution is 2.24. The van der Waals surface area contributed by atoms with Gasteiger partial charge < -0.3 is 15.4 Å². The molecule has 0 aliphatic carbocycles. The number of amides is 2. The van der Waals surface area contributed by atoms with Crippen LogP contribution in [0, 0.1) is 0 Å². The molecule has 0 fully saturated rings. The number of nitrogens with one attached hydrogen (secondary N) is 2. The second kappa shape index (κ2) is 7.94. The van der Waals surface area contributed by atoms with Crippen molar-refractivity contribution in [1.82, 2.24) is 0 Å². The molecule has 21 heavy (non-hydrogen) atoms. The first kappa shape index (κ1) is 14.9. The van der Waals surface area contributed by atoms with Gasteiger partial charge in [-0.15, -0.1) is 0 Å². The van der Waals surface area contributed by atoms with Crippen molar-refractivity contribution in [3.63, 3.8) is 0 Å². The second-order valence-corrected chi connectivity index (χ2v) is 4.64. The lowest BCUT2D eigenvalue weighted by Gasteiger charge is -2.12. The lowest BCUT2D eigenvalue weighted by Crippen LogP contribution is -2.19. The lowest BCUT2D eigenvalue weighted by atomic mass is 10.3. The molecule has 2 amide bonds. The van der Waals surface area contributed by atoms with Gasteiger partial charge in [-0.25, -0.2) is 4.79 Å². The summed E-state index contributed by atoms with van der Waals surface area (Å²) in [6.07, 6.45) is 2.06. The van der Waals surface area contributed by atoms with Crippen LogP contribution in [0.2, 0.25) is 0 Å². The molecule has 0 unspecified atom stereocenters. The number of unbranched alkanes of at least 4 members (excludes halogenated alkanes) is 1. The first-order chi connectivity index (χ1) is 10.3. The van der Waals surface area contributed by atoms with E-state index in [9.17, 15) is 4.79 Å². The standard InChI is InChI=1S/C17H20N2O2/c1-2-3-13-21-16-12-8-7-11-15(16)19-17(20)18-14-9-5-4-6-10-14/h4-12H,2-3,13H2,1H3,(H2,18,19,20). The summed E-state index contributed by atoms with van der Waals surface area (Å²) in [5, 5.41) is 5.59. The third-order valence-corrected chi connectivity index (χ3v) is 2.92. The first-order valence-corrected chi connectivity index (χ1v) is 7.14. The van der Waals surface area contributed by atoms with Crippen LogP contribution in [0.3, 0.4) is 0 Å². The van der Waals surface area contributed by atoms with E-state index in [0.29, 0.717) is 18.0 Å². The summed E-state index contributed by atoms with van der Waals surface area (Å²) in [5.74, 6) is 0.689. The fourth-order valence-corrected chi connectivity index (χ4v) is 1.83. The Morgan fingerprint density at radius 1 is 1.00 bits per heavy atom. The summed E-state index contributed by atoms with van der Waals surface area (Å²) in [4.78, 5) is 12.0. The number of carbonyl (C=O) groups is 1. The zero-order chi connectivity index (χ0) is 14.9. The molecule has 0 heterocycles. The second-order valence-electron chi connectivity index (χ2n) is 4.64. The summed E-state index contributed by atoms with van der Waals surface area (Å²) in [6, 6.07) is 16.5. The number of hydrogen-bond acceptors (Lipinski definition) is 2. The number of anilines is 2. The van der Waals surface area contributed by atoms with Crippen LogP contribution >= 0.6 is 0 Å². The van der Waals surface area contributed by atoms with Crippen LogP contribution in [-0.4, -0.2) is 12.6 Å². The maximum absolute atomic E-state index is 12.0. The van der Waals surface area contributed by atoms with Crippen molar-refractivity contribution in [3.8, 4) is 5.75 Å². The highest BCUT2D eigenvalue weighted by Gasteiger charge is 2.07. The summed E-state index contributed by atoms with van der Waals surface area (Å²) < 4.78 is 5.69. The van der Waals surface area contributed by atoms with E-state index in [1.165, 1.54) is 0 Å². The largest absolute Gasteiger partial charge is 0.491 e. The molecule has 0 radical (unpaired) electrons. The minimum Gasteiger partial charge on any atom is -0.491 e. The van der Waals surface area contributed by atoms with E-state index < -0.39 is 0 Å². The molecule has 2 aromatic carbocycles. The molecule has 4 heteroatoms. The van der Waals surface area contributed by atoms with Crippen LogP contribution in [0.15, 0.2) is 54.6 Å². The molecular weight excluding hydrogens is 264 g/mol. The van der Waals surface area contributed by atoms with Gasteiger partial charge in [-0.3, -0.25) is 0 Å². The van der Waals surface area contributed by atoms with E-state index in [-0.39, 0.29) is 6.03 Å². The van der Waals surface area contributed by atoms with Crippen molar-refractivity contribution in [3.05, 3.63) is 54.6 Å². The van der Waals surface area contributed by atoms with Gasteiger partial charge in [-0.2, -0.15) is 0 Å². The topological polar surface area (TPSA) is 50.4 Å². The molecule has 110 valence electrons. The third kappa shape index (κ3) is 4.84. The van der Waals surface area contributed by atoms with E-state index in [4.69, 9.17) is 4.74 Å². The van der Waals surface area contributed by atoms with Crippen molar-refractivity contribution < 1.29 is 9.53 Å². The predicted octanol–water partition coefficient (Wildman–Crippen LogP) is 4.51. The van der Waals surface area contributed by atoms with Gasteiger partial charge in [0, 0.05) is 5.69 Å². The average molecular weight is 284 g/mol. The quantitative estimate of drug-likeness (QED) is 0.767. The Kier molecular flexibility index (Phi) is 5.64. The van der Waals surface area contributed by atoms with Gasteiger partial charge in [-0.1, -0.05) is 43.7 Å². The molecule has 2 N–H and O–H groups in total. The normalized spacial score (nSPS) is 9.95. The molecule has 0 spiro atoms. The predicted molar refractivity (Wildman–Crippen MR) is 85.9 cm³/mol. The minimum absolute atomic E-state index is 0.284. The fourth-order valence-electron chi connectivity index (χ4n) is 1.83. The van der Waals surface area contributed by atoms with Gasteiger partial charge in [0.25, 0.3) is 0 Å². The van der Waals surface area contributed by atoms with Crippen LogP contribution in [0.4, 0.5) is 16.2 Å². The van der Waals surface area contributed by atoms with Crippen LogP contribution in [-0.2, 0) is 0 Å². The zero-order valence-electron chi connectivity index (χ0n) is 12.1. The molecule has 4 nitrogen and oxygen atoms in total. The van der Waals surface area contributed by atoms with Gasteiger partial charge in [0.2, 0.25) is 0 Å². The molecule has 2 aromatic rings. The molecule has 2 rings (SSSR count). The fraction of sp³-hybridized carbons (Fsp3) is 0.235. The van der Waals surface area contributed by atoms with Crippen molar-refractivity contribution in [2.24, 2.45) is 0 Å². The number of carbonyl (C=O) groups excluding carboxylic acids is 1. The monoisotopic (exact) mass is 284 g/mol. The van der Waals surface area contributed by atoms with Crippen LogP contribution in [0.1, 0.15) is 19.8 Å². The van der Waals surface area contributed by atoms with Gasteiger partial charge in [0.1, 0.15) is 5.75 Å². The maximum Gasteiger partial charge on any atom is 0.323 e. The molecular formula is C17H20N2O2. The number of rotatable bonds is 6. The first-order valence-electron chi connectivity index (χ1n) is 7.14. The number of benzene rings is 2. The highest BCUT2D eigenvalue weighted by atomic mass is 16.5. The average Bonchev–Trinajstić information content (AvgIpc) is 2.50. The van der Waals surface area contributed by atoms with Gasteiger partial charge in [0.05, 0.1) is 12.3 Å². The summed E-state index contributed by atoms with van der Waals surface area (Å²) >= 11 is 0. The van der Waals surface area contributed by atoms with Crippen LogP contribution < -0.4 is 15.4 Å². The third-order valence-electron chi connectivity index (χ3n) is 2.92. The maximum atomic E-state index is 12.0. The molecule has 0 atom stereocenters. The smallest absolute Gasteiger partial charge is 0.323 e. The Morgan fingerprint density at radius 3 is 2.48 bits per heavy atom. The Bertz CT molecular complexity index is 570. The van der Waals surface area contributed by atoms with E-state index in [1.807, 2.05) is 54.6 Å². The highest BCUT2D eigenvalue weighted by molar-refractivity contribution is 6.00. The summed E-state index contributed by atoms with van der Waals surface area (Å²) in [5.41, 5.74) is 1.42. The Hall–Kier alpha value is -2.49. The number of hydrogen-bond donors (Lipinski definition) is 2. The Balaban J connectivity index is 1.97.